The molecule has 0 heterocycles. The fourth-order valence-corrected chi connectivity index (χ4v) is 1.37. The Labute approximate surface area is 99.1 Å². The maximum atomic E-state index is 13.3. The third-order valence-corrected chi connectivity index (χ3v) is 2.43. The molecule has 0 aliphatic heterocycles. The Bertz CT molecular complexity index is 395. The van der Waals surface area contributed by atoms with Gasteiger partial charge in [-0.1, -0.05) is 6.92 Å². The van der Waals surface area contributed by atoms with Crippen molar-refractivity contribution in [3.63, 3.8) is 0 Å². The number of halogens is 1. The number of phenols is 1. The van der Waals surface area contributed by atoms with Crippen molar-refractivity contribution in [1.82, 2.24) is 5.32 Å². The van der Waals surface area contributed by atoms with Gasteiger partial charge in [0.2, 0.25) is 0 Å². The van der Waals surface area contributed by atoms with Crippen molar-refractivity contribution >= 4 is 5.91 Å². The molecule has 1 atom stereocenters. The fraction of sp³-hybridized carbons (Fsp3) is 0.417. The average Bonchev–Trinajstić information content (AvgIpc) is 2.26. The van der Waals surface area contributed by atoms with Gasteiger partial charge in [-0.3, -0.25) is 4.79 Å². The van der Waals surface area contributed by atoms with Gasteiger partial charge in [-0.25, -0.2) is 4.39 Å². The summed E-state index contributed by atoms with van der Waals surface area (Å²) in [6, 6.07) is 3.39. The lowest BCUT2D eigenvalue weighted by molar-refractivity contribution is 0.0941. The number of aliphatic hydroxyl groups is 1. The van der Waals surface area contributed by atoms with Crippen LogP contribution >= 0.6 is 0 Å². The third-order valence-electron chi connectivity index (χ3n) is 2.43. The number of benzene rings is 1. The lowest BCUT2D eigenvalue weighted by Crippen LogP contribution is -2.29. The van der Waals surface area contributed by atoms with Gasteiger partial charge in [-0.05, 0) is 24.5 Å². The SMILES string of the molecule is CC(CCO)CNC(=O)c1ccc(O)cc1F. The Morgan fingerprint density at radius 3 is 2.82 bits per heavy atom. The summed E-state index contributed by atoms with van der Waals surface area (Å²) in [7, 11) is 0. The minimum Gasteiger partial charge on any atom is -0.508 e. The van der Waals surface area contributed by atoms with Crippen LogP contribution in [0.2, 0.25) is 0 Å². The van der Waals surface area contributed by atoms with Gasteiger partial charge in [-0.2, -0.15) is 0 Å². The number of rotatable bonds is 5. The first-order valence-electron chi connectivity index (χ1n) is 5.42. The zero-order chi connectivity index (χ0) is 12.8. The number of hydrogen-bond acceptors (Lipinski definition) is 3. The first-order chi connectivity index (χ1) is 8.04. The normalized spacial score (nSPS) is 12.2. The van der Waals surface area contributed by atoms with Crippen molar-refractivity contribution in [3.05, 3.63) is 29.6 Å². The van der Waals surface area contributed by atoms with E-state index in [1.807, 2.05) is 6.92 Å². The van der Waals surface area contributed by atoms with Gasteiger partial charge >= 0.3 is 0 Å². The van der Waals surface area contributed by atoms with Crippen molar-refractivity contribution in [3.8, 4) is 5.75 Å². The van der Waals surface area contributed by atoms with Gasteiger partial charge in [0.25, 0.3) is 5.91 Å². The first-order valence-corrected chi connectivity index (χ1v) is 5.42. The number of carbonyl (C=O) groups is 1. The molecule has 4 nitrogen and oxygen atoms in total. The Morgan fingerprint density at radius 1 is 1.53 bits per heavy atom. The van der Waals surface area contributed by atoms with Crippen molar-refractivity contribution in [2.24, 2.45) is 5.92 Å². The minimum atomic E-state index is -0.752. The molecule has 1 rings (SSSR count). The second-order valence-corrected chi connectivity index (χ2v) is 3.99. The molecule has 5 heteroatoms. The van der Waals surface area contributed by atoms with Gasteiger partial charge in [0.15, 0.2) is 0 Å². The molecule has 0 aromatic heterocycles. The highest BCUT2D eigenvalue weighted by Gasteiger charge is 2.12. The summed E-state index contributed by atoms with van der Waals surface area (Å²) in [5.74, 6) is -1.36. The minimum absolute atomic E-state index is 0.0601. The smallest absolute Gasteiger partial charge is 0.254 e. The molecule has 0 radical (unpaired) electrons. The predicted molar refractivity (Wildman–Crippen MR) is 61.3 cm³/mol. The van der Waals surface area contributed by atoms with Crippen LogP contribution in [0.3, 0.4) is 0 Å². The van der Waals surface area contributed by atoms with Crippen LogP contribution in [-0.2, 0) is 0 Å². The monoisotopic (exact) mass is 241 g/mol. The van der Waals surface area contributed by atoms with E-state index in [2.05, 4.69) is 5.32 Å². The van der Waals surface area contributed by atoms with E-state index >= 15 is 0 Å². The highest BCUT2D eigenvalue weighted by Crippen LogP contribution is 2.14. The number of hydrogen-bond donors (Lipinski definition) is 3. The molecule has 0 aliphatic carbocycles. The molecule has 17 heavy (non-hydrogen) atoms. The van der Waals surface area contributed by atoms with Crippen LogP contribution in [0, 0.1) is 11.7 Å². The van der Waals surface area contributed by atoms with Crippen molar-refractivity contribution in [2.45, 2.75) is 13.3 Å². The molecule has 0 saturated carbocycles. The standard InChI is InChI=1S/C12H16FNO3/c1-8(4-5-15)7-14-12(17)10-3-2-9(16)6-11(10)13/h2-3,6,8,15-16H,4-5,7H2,1H3,(H,14,17). The van der Waals surface area contributed by atoms with E-state index in [1.54, 1.807) is 0 Å². The average molecular weight is 241 g/mol. The number of aliphatic hydroxyl groups excluding tert-OH is 1. The summed E-state index contributed by atoms with van der Waals surface area (Å²) in [5.41, 5.74) is -0.0981. The molecule has 0 saturated heterocycles. The Hall–Kier alpha value is -1.62. The summed E-state index contributed by atoms with van der Waals surface area (Å²) in [4.78, 5) is 11.6. The van der Waals surface area contributed by atoms with Crippen molar-refractivity contribution in [2.75, 3.05) is 13.2 Å². The second kappa shape index (κ2) is 6.20. The van der Waals surface area contributed by atoms with Crippen LogP contribution in [-0.4, -0.2) is 29.3 Å². The first kappa shape index (κ1) is 13.4. The third kappa shape index (κ3) is 4.03. The zero-order valence-corrected chi connectivity index (χ0v) is 9.61. The van der Waals surface area contributed by atoms with E-state index in [-0.39, 0.29) is 23.8 Å². The molecule has 0 aliphatic rings. The maximum Gasteiger partial charge on any atom is 0.254 e. The summed E-state index contributed by atoms with van der Waals surface area (Å²) in [6.45, 7) is 2.31. The van der Waals surface area contributed by atoms with Crippen LogP contribution in [0.25, 0.3) is 0 Å². The Morgan fingerprint density at radius 2 is 2.24 bits per heavy atom. The zero-order valence-electron chi connectivity index (χ0n) is 9.61. The number of amides is 1. The number of phenolic OH excluding ortho intramolecular Hbond substituents is 1. The molecule has 94 valence electrons. The Kier molecular flexibility index (Phi) is 4.90. The maximum absolute atomic E-state index is 13.3. The largest absolute Gasteiger partial charge is 0.508 e. The molecule has 1 aromatic rings. The van der Waals surface area contributed by atoms with E-state index < -0.39 is 11.7 Å². The molecule has 3 N–H and O–H groups in total. The molecule has 0 fully saturated rings. The number of aromatic hydroxyl groups is 1. The molecular formula is C12H16FNO3. The topological polar surface area (TPSA) is 69.6 Å². The van der Waals surface area contributed by atoms with Crippen molar-refractivity contribution in [1.29, 1.82) is 0 Å². The van der Waals surface area contributed by atoms with Crippen LogP contribution in [0.1, 0.15) is 23.7 Å². The molecule has 0 bridgehead atoms. The molecule has 1 unspecified atom stereocenters. The summed E-state index contributed by atoms with van der Waals surface area (Å²) in [6.07, 6.45) is 0.582. The van der Waals surface area contributed by atoms with Crippen LogP contribution in [0.5, 0.6) is 5.75 Å². The number of nitrogens with one attached hydrogen (secondary N) is 1. The van der Waals surface area contributed by atoms with Gasteiger partial charge in [0.05, 0.1) is 5.56 Å². The van der Waals surface area contributed by atoms with E-state index in [0.717, 1.165) is 6.07 Å². The predicted octanol–water partition coefficient (Wildman–Crippen LogP) is 1.28. The summed E-state index contributed by atoms with van der Waals surface area (Å²) >= 11 is 0. The second-order valence-electron chi connectivity index (χ2n) is 3.99. The molecule has 1 aromatic carbocycles. The molecule has 1 amide bonds. The van der Waals surface area contributed by atoms with E-state index in [1.165, 1.54) is 12.1 Å². The fourth-order valence-electron chi connectivity index (χ4n) is 1.37. The van der Waals surface area contributed by atoms with Crippen LogP contribution in [0.15, 0.2) is 18.2 Å². The lowest BCUT2D eigenvalue weighted by Gasteiger charge is -2.11. The highest BCUT2D eigenvalue weighted by molar-refractivity contribution is 5.94. The van der Waals surface area contributed by atoms with Gasteiger partial charge in [0.1, 0.15) is 11.6 Å². The summed E-state index contributed by atoms with van der Waals surface area (Å²) in [5, 5.41) is 20.3. The van der Waals surface area contributed by atoms with Gasteiger partial charge in [-0.15, -0.1) is 0 Å². The van der Waals surface area contributed by atoms with E-state index in [9.17, 15) is 9.18 Å². The molecular weight excluding hydrogens is 225 g/mol. The quantitative estimate of drug-likeness (QED) is 0.727. The molecule has 0 spiro atoms. The van der Waals surface area contributed by atoms with Crippen molar-refractivity contribution < 1.29 is 19.4 Å². The highest BCUT2D eigenvalue weighted by atomic mass is 19.1. The van der Waals surface area contributed by atoms with Crippen LogP contribution in [0.4, 0.5) is 4.39 Å². The lowest BCUT2D eigenvalue weighted by atomic mass is 10.1. The van der Waals surface area contributed by atoms with E-state index in [0.29, 0.717) is 13.0 Å². The summed E-state index contributed by atoms with van der Waals surface area (Å²) < 4.78 is 13.3. The van der Waals surface area contributed by atoms with Crippen LogP contribution < -0.4 is 5.32 Å². The van der Waals surface area contributed by atoms with Gasteiger partial charge < -0.3 is 15.5 Å². The Balaban J connectivity index is 2.58. The van der Waals surface area contributed by atoms with E-state index in [4.69, 9.17) is 10.2 Å². The van der Waals surface area contributed by atoms with Gasteiger partial charge in [0, 0.05) is 19.2 Å². The number of carbonyl (C=O) groups excluding carboxylic acids is 1.